The van der Waals surface area contributed by atoms with Gasteiger partial charge in [-0.15, -0.1) is 0 Å². The molecule has 1 unspecified atom stereocenters. The fourth-order valence-electron chi connectivity index (χ4n) is 1.60. The first-order chi connectivity index (χ1) is 8.84. The highest BCUT2D eigenvalue weighted by Gasteiger charge is 2.34. The highest BCUT2D eigenvalue weighted by atomic mass is 35.5. The van der Waals surface area contributed by atoms with Crippen LogP contribution in [0.2, 0.25) is 0 Å². The van der Waals surface area contributed by atoms with E-state index in [4.69, 9.17) is 22.1 Å². The predicted octanol–water partition coefficient (Wildman–Crippen LogP) is 3.73. The van der Waals surface area contributed by atoms with Gasteiger partial charge in [-0.1, -0.05) is 17.7 Å². The van der Waals surface area contributed by atoms with Gasteiger partial charge in [-0.3, -0.25) is 0 Å². The topological polar surface area (TPSA) is 35.2 Å². The molecule has 0 bridgehead atoms. The van der Waals surface area contributed by atoms with Crippen molar-refractivity contribution in [1.29, 1.82) is 0 Å². The summed E-state index contributed by atoms with van der Waals surface area (Å²) in [4.78, 5) is 0. The Morgan fingerprint density at radius 3 is 2.63 bits per heavy atom. The van der Waals surface area contributed by atoms with Crippen molar-refractivity contribution >= 4 is 11.6 Å². The van der Waals surface area contributed by atoms with Gasteiger partial charge in [-0.05, 0) is 37.1 Å². The van der Waals surface area contributed by atoms with Crippen LogP contribution in [-0.4, -0.2) is 12.6 Å². The second kappa shape index (κ2) is 6.82. The number of ether oxygens (including phenoxy) is 1. The summed E-state index contributed by atoms with van der Waals surface area (Å²) in [5.74, 6) is -0.212. The van der Waals surface area contributed by atoms with Crippen molar-refractivity contribution in [1.82, 2.24) is 0 Å². The molecule has 2 nitrogen and oxygen atoms in total. The monoisotopic (exact) mass is 293 g/mol. The number of alkyl halides is 3. The number of halogens is 4. The number of nitrogens with two attached hydrogens (primary N) is 1. The second-order valence-corrected chi connectivity index (χ2v) is 4.43. The molecule has 0 aliphatic carbocycles. The van der Waals surface area contributed by atoms with Crippen molar-refractivity contribution in [2.45, 2.75) is 25.6 Å². The van der Waals surface area contributed by atoms with E-state index in [0.29, 0.717) is 12.0 Å². The molecule has 0 aliphatic rings. The van der Waals surface area contributed by atoms with Gasteiger partial charge in [0.25, 0.3) is 0 Å². The molecule has 1 aromatic rings. The average Bonchev–Trinajstić information content (AvgIpc) is 2.29. The normalized spacial score (nSPS) is 13.8. The van der Waals surface area contributed by atoms with E-state index in [1.165, 1.54) is 17.7 Å². The maximum absolute atomic E-state index is 12.9. The van der Waals surface area contributed by atoms with Crippen LogP contribution in [0.5, 0.6) is 5.75 Å². The van der Waals surface area contributed by atoms with Gasteiger partial charge in [-0.2, -0.15) is 13.2 Å². The third-order valence-corrected chi connectivity index (χ3v) is 2.51. The fraction of sp³-hybridized carbons (Fsp3) is 0.385. The highest BCUT2D eigenvalue weighted by molar-refractivity contribution is 6.25. The van der Waals surface area contributed by atoms with E-state index < -0.39 is 11.7 Å². The van der Waals surface area contributed by atoms with E-state index in [-0.39, 0.29) is 18.4 Å². The molecule has 1 rings (SSSR count). The van der Waals surface area contributed by atoms with Crippen molar-refractivity contribution in [3.05, 3.63) is 40.9 Å². The van der Waals surface area contributed by atoms with Crippen molar-refractivity contribution < 1.29 is 17.9 Å². The minimum absolute atomic E-state index is 0.0147. The SMILES string of the molecule is CC(N)Cc1ccc(OC/C=C/Cl)c(C(F)(F)F)c1. The van der Waals surface area contributed by atoms with Crippen LogP contribution >= 0.6 is 11.6 Å². The smallest absolute Gasteiger partial charge is 0.419 e. The van der Waals surface area contributed by atoms with Crippen LogP contribution in [-0.2, 0) is 12.6 Å². The lowest BCUT2D eigenvalue weighted by Crippen LogP contribution is -2.18. The summed E-state index contributed by atoms with van der Waals surface area (Å²) >= 11 is 5.28. The summed E-state index contributed by atoms with van der Waals surface area (Å²) in [7, 11) is 0. The first kappa shape index (κ1) is 15.9. The minimum atomic E-state index is -4.46. The number of hydrogen-bond donors (Lipinski definition) is 1. The average molecular weight is 294 g/mol. The van der Waals surface area contributed by atoms with E-state index >= 15 is 0 Å². The molecule has 0 saturated carbocycles. The molecule has 0 saturated heterocycles. The summed E-state index contributed by atoms with van der Waals surface area (Å²) in [5.41, 5.74) is 6.51. The van der Waals surface area contributed by atoms with Gasteiger partial charge in [0.05, 0.1) is 5.56 Å². The summed E-state index contributed by atoms with van der Waals surface area (Å²) in [6.45, 7) is 1.72. The molecular weight excluding hydrogens is 279 g/mol. The maximum Gasteiger partial charge on any atom is 0.419 e. The summed E-state index contributed by atoms with van der Waals surface area (Å²) in [6.07, 6.45) is -2.67. The largest absolute Gasteiger partial charge is 0.489 e. The zero-order valence-electron chi connectivity index (χ0n) is 10.4. The Balaban J connectivity index is 3.03. The Morgan fingerprint density at radius 1 is 1.42 bits per heavy atom. The molecule has 0 aliphatic heterocycles. The van der Waals surface area contributed by atoms with Gasteiger partial charge in [0, 0.05) is 11.6 Å². The van der Waals surface area contributed by atoms with Gasteiger partial charge < -0.3 is 10.5 Å². The van der Waals surface area contributed by atoms with Crippen LogP contribution in [0.4, 0.5) is 13.2 Å². The molecule has 106 valence electrons. The van der Waals surface area contributed by atoms with E-state index in [0.717, 1.165) is 6.07 Å². The third kappa shape index (κ3) is 5.12. The summed E-state index contributed by atoms with van der Waals surface area (Å²) < 4.78 is 43.8. The Kier molecular flexibility index (Phi) is 5.69. The van der Waals surface area contributed by atoms with Crippen LogP contribution in [0.15, 0.2) is 29.8 Å². The third-order valence-electron chi connectivity index (χ3n) is 2.33. The van der Waals surface area contributed by atoms with Gasteiger partial charge in [0.1, 0.15) is 12.4 Å². The molecule has 6 heteroatoms. The number of benzene rings is 1. The van der Waals surface area contributed by atoms with Crippen LogP contribution in [0.1, 0.15) is 18.1 Å². The lowest BCUT2D eigenvalue weighted by molar-refractivity contribution is -0.138. The lowest BCUT2D eigenvalue weighted by Gasteiger charge is -2.15. The molecule has 19 heavy (non-hydrogen) atoms. The highest BCUT2D eigenvalue weighted by Crippen LogP contribution is 2.37. The van der Waals surface area contributed by atoms with Crippen molar-refractivity contribution in [2.75, 3.05) is 6.61 Å². The van der Waals surface area contributed by atoms with Crippen molar-refractivity contribution in [3.63, 3.8) is 0 Å². The van der Waals surface area contributed by atoms with Gasteiger partial charge >= 0.3 is 6.18 Å². The molecule has 2 N–H and O–H groups in total. The molecule has 0 heterocycles. The molecule has 0 radical (unpaired) electrons. The van der Waals surface area contributed by atoms with Crippen molar-refractivity contribution in [3.8, 4) is 5.75 Å². The van der Waals surface area contributed by atoms with E-state index in [1.54, 1.807) is 13.0 Å². The van der Waals surface area contributed by atoms with Crippen molar-refractivity contribution in [2.24, 2.45) is 5.73 Å². The lowest BCUT2D eigenvalue weighted by atomic mass is 10.0. The zero-order chi connectivity index (χ0) is 14.5. The van der Waals surface area contributed by atoms with Crippen LogP contribution in [0, 0.1) is 0 Å². The first-order valence-corrected chi connectivity index (χ1v) is 6.12. The molecule has 0 fully saturated rings. The molecule has 0 spiro atoms. The molecule has 1 aromatic carbocycles. The maximum atomic E-state index is 12.9. The van der Waals surface area contributed by atoms with E-state index in [2.05, 4.69) is 0 Å². The predicted molar refractivity (Wildman–Crippen MR) is 69.3 cm³/mol. The van der Waals surface area contributed by atoms with Crippen LogP contribution < -0.4 is 10.5 Å². The van der Waals surface area contributed by atoms with Gasteiger partial charge in [0.2, 0.25) is 0 Å². The zero-order valence-corrected chi connectivity index (χ0v) is 11.1. The standard InChI is InChI=1S/C13H15ClF3NO/c1-9(18)7-10-3-4-12(19-6-2-5-14)11(8-10)13(15,16)17/h2-5,8-9H,6-7,18H2,1H3/b5-2+. The van der Waals surface area contributed by atoms with E-state index in [1.807, 2.05) is 0 Å². The molecule has 0 amide bonds. The first-order valence-electron chi connectivity index (χ1n) is 5.68. The second-order valence-electron chi connectivity index (χ2n) is 4.18. The fourth-order valence-corrected chi connectivity index (χ4v) is 1.67. The quantitative estimate of drug-likeness (QED) is 0.898. The molecule has 0 aromatic heterocycles. The number of rotatable bonds is 5. The molecule has 1 atom stereocenters. The Bertz CT molecular complexity index is 444. The number of hydrogen-bond acceptors (Lipinski definition) is 2. The Hall–Kier alpha value is -1.20. The molecular formula is C13H15ClF3NO. The summed E-state index contributed by atoms with van der Waals surface area (Å²) in [5, 5.41) is 0. The van der Waals surface area contributed by atoms with Gasteiger partial charge in [-0.25, -0.2) is 0 Å². The summed E-state index contributed by atoms with van der Waals surface area (Å²) in [6, 6.07) is 3.76. The van der Waals surface area contributed by atoms with Crippen LogP contribution in [0.3, 0.4) is 0 Å². The Morgan fingerprint density at radius 2 is 2.11 bits per heavy atom. The van der Waals surface area contributed by atoms with Gasteiger partial charge in [0.15, 0.2) is 0 Å². The van der Waals surface area contributed by atoms with E-state index in [9.17, 15) is 13.2 Å². The minimum Gasteiger partial charge on any atom is -0.489 e. The van der Waals surface area contributed by atoms with Crippen LogP contribution in [0.25, 0.3) is 0 Å². The Labute approximate surface area is 115 Å².